The van der Waals surface area contributed by atoms with Gasteiger partial charge in [0.2, 0.25) is 0 Å². The van der Waals surface area contributed by atoms with Gasteiger partial charge >= 0.3 is 19.5 Å². The van der Waals surface area contributed by atoms with Crippen LogP contribution in [0, 0.1) is 6.92 Å². The smallest absolute Gasteiger partial charge is 0.679 e. The van der Waals surface area contributed by atoms with Crippen molar-refractivity contribution in [3.05, 3.63) is 195 Å². The van der Waals surface area contributed by atoms with Crippen LogP contribution in [0.3, 0.4) is 0 Å². The van der Waals surface area contributed by atoms with Crippen LogP contribution in [-0.2, 0) is 29.1 Å². The van der Waals surface area contributed by atoms with Gasteiger partial charge < -0.3 is 22.9 Å². The first-order valence-corrected chi connectivity index (χ1v) is 19.2. The van der Waals surface area contributed by atoms with E-state index in [9.17, 15) is 0 Å². The van der Waals surface area contributed by atoms with Crippen molar-refractivity contribution in [2.45, 2.75) is 20.3 Å². The Bertz CT molecular complexity index is 1410. The number of hydrogen-bond donors (Lipinski definition) is 2. The van der Waals surface area contributed by atoms with Gasteiger partial charge in [-0.25, -0.2) is 6.42 Å². The molecular formula is C43H47NO4P2Ru+2. The van der Waals surface area contributed by atoms with E-state index in [4.69, 9.17) is 25.5 Å². The molecule has 0 spiro atoms. The number of aliphatic carboxylic acids is 2. The van der Waals surface area contributed by atoms with Gasteiger partial charge in [0.15, 0.2) is 0 Å². The molecule has 0 unspecified atom stereocenters. The summed E-state index contributed by atoms with van der Waals surface area (Å²) in [4.78, 5) is 18.0. The van der Waals surface area contributed by atoms with E-state index in [1.807, 2.05) is 0 Å². The maximum Gasteiger partial charge on any atom is 2.00 e. The molecule has 3 N–H and O–H groups in total. The molecule has 6 rings (SSSR count). The van der Waals surface area contributed by atoms with Crippen LogP contribution in [0.2, 0.25) is 0 Å². The third-order valence-corrected chi connectivity index (χ3v) is 12.0. The van der Waals surface area contributed by atoms with Gasteiger partial charge in [0, 0.05) is 13.8 Å². The second kappa shape index (κ2) is 27.4. The normalized spacial score (nSPS) is 9.45. The van der Waals surface area contributed by atoms with E-state index in [-0.39, 0.29) is 19.5 Å². The Balaban J connectivity index is 0.000000384. The van der Waals surface area contributed by atoms with Gasteiger partial charge in [0.25, 0.3) is 11.9 Å². The third-order valence-electron chi connectivity index (χ3n) is 6.55. The predicted molar refractivity (Wildman–Crippen MR) is 219 cm³/mol. The summed E-state index contributed by atoms with van der Waals surface area (Å²) < 4.78 is 0. The first kappa shape index (κ1) is 44.7. The monoisotopic (exact) mass is 805 g/mol. The SMILES string of the molecule is CC(=O)O.CC(=O)O.[CH2-]CC[NH-].[Ru+2].c1ccc([PH+](c2ccccc2)c2ccccc2)cc1.c1ccc([PH+](c2ccccc2)c2ccccc2)cc1. The first-order valence-electron chi connectivity index (χ1n) is 16.2. The maximum atomic E-state index is 9.00. The molecule has 0 aromatic heterocycles. The summed E-state index contributed by atoms with van der Waals surface area (Å²) in [6.45, 7) is 6.04. The Hall–Kier alpha value is -4.30. The molecule has 8 heteroatoms. The third kappa shape index (κ3) is 18.5. The number of rotatable bonds is 7. The Labute approximate surface area is 318 Å². The van der Waals surface area contributed by atoms with Gasteiger partial charge in [-0.2, -0.15) is 6.54 Å². The summed E-state index contributed by atoms with van der Waals surface area (Å²) in [6, 6.07) is 65.0. The second-order valence-electron chi connectivity index (χ2n) is 10.6. The summed E-state index contributed by atoms with van der Waals surface area (Å²) in [5.74, 6) is -1.67. The molecule has 0 amide bonds. The minimum absolute atomic E-state index is 0. The van der Waals surface area contributed by atoms with Crippen LogP contribution in [0.5, 0.6) is 0 Å². The molecule has 264 valence electrons. The van der Waals surface area contributed by atoms with E-state index < -0.39 is 27.8 Å². The van der Waals surface area contributed by atoms with Gasteiger partial charge in [-0.05, 0) is 72.8 Å². The van der Waals surface area contributed by atoms with E-state index in [1.54, 1.807) is 0 Å². The first-order chi connectivity index (χ1) is 24.3. The number of carbonyl (C=O) groups is 2. The molecule has 0 fully saturated rings. The summed E-state index contributed by atoms with van der Waals surface area (Å²) >= 11 is 0. The van der Waals surface area contributed by atoms with Crippen LogP contribution in [0.1, 0.15) is 20.3 Å². The second-order valence-corrected chi connectivity index (χ2v) is 15.6. The Morgan fingerprint density at radius 1 is 0.451 bits per heavy atom. The van der Waals surface area contributed by atoms with Crippen LogP contribution in [0.15, 0.2) is 182 Å². The molecule has 5 nitrogen and oxygen atoms in total. The van der Waals surface area contributed by atoms with E-state index in [2.05, 4.69) is 189 Å². The molecule has 0 aliphatic carbocycles. The van der Waals surface area contributed by atoms with Crippen LogP contribution in [-0.4, -0.2) is 28.7 Å². The number of benzene rings is 6. The Morgan fingerprint density at radius 2 is 0.569 bits per heavy atom. The Morgan fingerprint density at radius 3 is 0.667 bits per heavy atom. The van der Waals surface area contributed by atoms with Crippen molar-refractivity contribution >= 4 is 59.6 Å². The summed E-state index contributed by atoms with van der Waals surface area (Å²) in [5, 5.41) is 23.4. The van der Waals surface area contributed by atoms with E-state index in [1.165, 1.54) is 31.8 Å². The zero-order chi connectivity index (χ0) is 36.4. The van der Waals surface area contributed by atoms with Crippen molar-refractivity contribution in [2.75, 3.05) is 6.54 Å². The summed E-state index contributed by atoms with van der Waals surface area (Å²) in [5.41, 5.74) is 6.39. The van der Waals surface area contributed by atoms with Gasteiger partial charge in [-0.15, -0.1) is 0 Å². The number of hydrogen-bond acceptors (Lipinski definition) is 2. The van der Waals surface area contributed by atoms with Gasteiger partial charge in [-0.3, -0.25) is 9.59 Å². The standard InChI is InChI=1S/2C18H15P.C3H7N.2C2H4O2.Ru/c2*1-4-10-16(11-5-1)19(17-12-6-2-7-13-17)18-14-8-3-9-15-18;1-2-3-4;2*1-2(3)4;/h2*1-15H;4H,1-3H2;2*1H3,(H,3,4);/q;;-2;;;+2/p+2. The topological polar surface area (TPSA) is 98.4 Å². The van der Waals surface area contributed by atoms with Crippen molar-refractivity contribution in [1.82, 2.24) is 0 Å². The average Bonchev–Trinajstić information content (AvgIpc) is 3.15. The number of carboxylic acid groups (broad SMARTS) is 2. The fraction of sp³-hybridized carbons (Fsp3) is 0.0930. The zero-order valence-electron chi connectivity index (χ0n) is 29.0. The van der Waals surface area contributed by atoms with Crippen LogP contribution in [0.25, 0.3) is 5.73 Å². The van der Waals surface area contributed by atoms with Gasteiger partial charge in [0.1, 0.15) is 31.8 Å². The van der Waals surface area contributed by atoms with Gasteiger partial charge in [-0.1, -0.05) is 109 Å². The molecule has 6 aromatic rings. The van der Waals surface area contributed by atoms with Crippen molar-refractivity contribution in [1.29, 1.82) is 0 Å². The zero-order valence-corrected chi connectivity index (χ0v) is 32.7. The van der Waals surface area contributed by atoms with E-state index in [0.29, 0.717) is 6.54 Å². The largest absolute Gasteiger partial charge is 2.00 e. The fourth-order valence-electron chi connectivity index (χ4n) is 4.63. The minimum Gasteiger partial charge on any atom is -0.679 e. The molecule has 0 aliphatic rings. The number of carboxylic acids is 2. The predicted octanol–water partition coefficient (Wildman–Crippen LogP) is 7.80. The van der Waals surface area contributed by atoms with Crippen LogP contribution in [0.4, 0.5) is 0 Å². The molecule has 0 bridgehead atoms. The van der Waals surface area contributed by atoms with Crippen LogP contribution < -0.4 is 31.8 Å². The van der Waals surface area contributed by atoms with Crippen molar-refractivity contribution < 1.29 is 39.3 Å². The summed E-state index contributed by atoms with van der Waals surface area (Å²) in [6.07, 6.45) is 0.736. The fourth-order valence-corrected chi connectivity index (χ4v) is 9.78. The molecule has 0 saturated heterocycles. The van der Waals surface area contributed by atoms with Crippen molar-refractivity contribution in [2.24, 2.45) is 0 Å². The molecule has 6 aromatic carbocycles. The minimum atomic E-state index is -0.877. The van der Waals surface area contributed by atoms with E-state index >= 15 is 0 Å². The molecule has 0 saturated carbocycles. The quantitative estimate of drug-likeness (QED) is 0.0979. The van der Waals surface area contributed by atoms with Crippen LogP contribution >= 0.6 is 15.8 Å². The molecule has 0 aliphatic heterocycles. The maximum absolute atomic E-state index is 9.00. The number of nitrogens with one attached hydrogen (secondary N) is 1. The Kier molecular flexibility index (Phi) is 24.1. The van der Waals surface area contributed by atoms with Crippen molar-refractivity contribution in [3.8, 4) is 0 Å². The van der Waals surface area contributed by atoms with Gasteiger partial charge in [0.05, 0.1) is 15.8 Å². The van der Waals surface area contributed by atoms with Crippen molar-refractivity contribution in [3.63, 3.8) is 0 Å². The average molecular weight is 805 g/mol. The molecular weight excluding hydrogens is 757 g/mol. The molecule has 0 heterocycles. The van der Waals surface area contributed by atoms with E-state index in [0.717, 1.165) is 20.3 Å². The molecule has 51 heavy (non-hydrogen) atoms. The molecule has 0 radical (unpaired) electrons. The molecule has 0 atom stereocenters. The summed E-state index contributed by atoms with van der Waals surface area (Å²) in [7, 11) is -1.75.